The lowest BCUT2D eigenvalue weighted by Crippen LogP contribution is -2.20. The number of benzene rings is 1. The molecule has 1 saturated heterocycles. The molecule has 2 heterocycles. The number of rotatable bonds is 3. The minimum absolute atomic E-state index is 0.244. The topological polar surface area (TPSA) is 33.5 Å². The summed E-state index contributed by atoms with van der Waals surface area (Å²) in [5.74, 6) is 1.22. The third-order valence-corrected chi connectivity index (χ3v) is 4.74. The van der Waals surface area contributed by atoms with E-state index in [1.54, 1.807) is 6.07 Å². The third kappa shape index (κ3) is 2.95. The maximum atomic E-state index is 11.9. The largest absolute Gasteiger partial charge is 0.423 e. The zero-order valence-electron chi connectivity index (χ0n) is 14.0. The summed E-state index contributed by atoms with van der Waals surface area (Å²) in [6.07, 6.45) is 1.25. The Morgan fingerprint density at radius 2 is 2.09 bits per heavy atom. The fourth-order valence-corrected chi connectivity index (χ4v) is 3.56. The van der Waals surface area contributed by atoms with Crippen molar-refractivity contribution in [2.75, 3.05) is 13.1 Å². The fraction of sp³-hybridized carbons (Fsp3) is 0.526. The van der Waals surface area contributed by atoms with Crippen molar-refractivity contribution in [3.05, 3.63) is 45.3 Å². The van der Waals surface area contributed by atoms with Crippen LogP contribution in [0.3, 0.4) is 0 Å². The number of hydrogen-bond donors (Lipinski definition) is 0. The molecule has 0 amide bonds. The molecule has 118 valence electrons. The molecule has 1 aliphatic rings. The average Bonchev–Trinajstić information content (AvgIpc) is 2.82. The molecule has 1 aromatic heterocycles. The first kappa shape index (κ1) is 15.3. The summed E-state index contributed by atoms with van der Waals surface area (Å²) >= 11 is 0. The van der Waals surface area contributed by atoms with Gasteiger partial charge in [-0.2, -0.15) is 0 Å². The van der Waals surface area contributed by atoms with Gasteiger partial charge in [0.05, 0.1) is 0 Å². The first-order valence-corrected chi connectivity index (χ1v) is 8.23. The molecule has 1 atom stereocenters. The molecule has 1 unspecified atom stereocenters. The molecule has 3 rings (SSSR count). The summed E-state index contributed by atoms with van der Waals surface area (Å²) < 4.78 is 5.43. The van der Waals surface area contributed by atoms with Gasteiger partial charge < -0.3 is 4.42 Å². The monoisotopic (exact) mass is 299 g/mol. The van der Waals surface area contributed by atoms with Gasteiger partial charge in [0.25, 0.3) is 0 Å². The fourth-order valence-electron chi connectivity index (χ4n) is 3.56. The highest BCUT2D eigenvalue weighted by atomic mass is 16.4. The van der Waals surface area contributed by atoms with E-state index >= 15 is 0 Å². The molecular weight excluding hydrogens is 274 g/mol. The highest BCUT2D eigenvalue weighted by molar-refractivity contribution is 5.82. The molecule has 0 aliphatic carbocycles. The van der Waals surface area contributed by atoms with Crippen LogP contribution in [0.25, 0.3) is 11.0 Å². The summed E-state index contributed by atoms with van der Waals surface area (Å²) in [4.78, 5) is 14.3. The minimum Gasteiger partial charge on any atom is -0.423 e. The van der Waals surface area contributed by atoms with Crippen molar-refractivity contribution in [1.82, 2.24) is 4.90 Å². The van der Waals surface area contributed by atoms with Crippen molar-refractivity contribution in [3.8, 4) is 0 Å². The highest BCUT2D eigenvalue weighted by Gasteiger charge is 2.20. The summed E-state index contributed by atoms with van der Waals surface area (Å²) in [5.41, 5.74) is 4.10. The molecule has 3 heteroatoms. The van der Waals surface area contributed by atoms with E-state index in [2.05, 4.69) is 38.7 Å². The maximum absolute atomic E-state index is 11.9. The quantitative estimate of drug-likeness (QED) is 0.801. The van der Waals surface area contributed by atoms with Crippen molar-refractivity contribution in [3.63, 3.8) is 0 Å². The van der Waals surface area contributed by atoms with Crippen molar-refractivity contribution >= 4 is 11.0 Å². The van der Waals surface area contributed by atoms with E-state index in [4.69, 9.17) is 4.42 Å². The van der Waals surface area contributed by atoms with E-state index in [0.29, 0.717) is 5.92 Å². The van der Waals surface area contributed by atoms with Crippen molar-refractivity contribution < 1.29 is 4.42 Å². The lowest BCUT2D eigenvalue weighted by molar-refractivity contribution is 0.320. The SMILES string of the molecule is Cc1cc2oc(=O)cc(CN3CCC(C)C3)c2cc1C(C)C. The van der Waals surface area contributed by atoms with Crippen LogP contribution in [-0.2, 0) is 6.54 Å². The van der Waals surface area contributed by atoms with Crippen molar-refractivity contribution in [1.29, 1.82) is 0 Å². The van der Waals surface area contributed by atoms with E-state index in [1.807, 2.05) is 6.07 Å². The summed E-state index contributed by atoms with van der Waals surface area (Å²) in [5, 5.41) is 1.09. The van der Waals surface area contributed by atoms with Crippen LogP contribution in [0.4, 0.5) is 0 Å². The molecule has 22 heavy (non-hydrogen) atoms. The molecule has 1 fully saturated rings. The van der Waals surface area contributed by atoms with Gasteiger partial charge in [-0.05, 0) is 60.5 Å². The molecule has 0 saturated carbocycles. The van der Waals surface area contributed by atoms with Gasteiger partial charge in [-0.3, -0.25) is 4.90 Å². The van der Waals surface area contributed by atoms with Gasteiger partial charge in [0.2, 0.25) is 0 Å². The third-order valence-electron chi connectivity index (χ3n) is 4.74. The van der Waals surface area contributed by atoms with Crippen LogP contribution in [-0.4, -0.2) is 18.0 Å². The molecule has 3 nitrogen and oxygen atoms in total. The van der Waals surface area contributed by atoms with E-state index in [0.717, 1.165) is 42.1 Å². The standard InChI is InChI=1S/C19H25NO2/c1-12(2)16-9-17-15(11-20-6-5-13(3)10-20)8-19(21)22-18(17)7-14(16)4/h7-9,12-13H,5-6,10-11H2,1-4H3. The van der Waals surface area contributed by atoms with Crippen LogP contribution in [0.1, 0.15) is 49.8 Å². The Labute approximate surface area is 131 Å². The number of hydrogen-bond acceptors (Lipinski definition) is 3. The maximum Gasteiger partial charge on any atom is 0.336 e. The molecule has 1 aromatic carbocycles. The molecular formula is C19H25NO2. The first-order chi connectivity index (χ1) is 10.4. The average molecular weight is 299 g/mol. The van der Waals surface area contributed by atoms with Gasteiger partial charge in [0, 0.05) is 24.5 Å². The van der Waals surface area contributed by atoms with E-state index in [-0.39, 0.29) is 5.63 Å². The van der Waals surface area contributed by atoms with Gasteiger partial charge in [-0.1, -0.05) is 20.8 Å². The van der Waals surface area contributed by atoms with E-state index in [1.165, 1.54) is 17.5 Å². The number of nitrogens with zero attached hydrogens (tertiary/aromatic N) is 1. The Morgan fingerprint density at radius 1 is 1.32 bits per heavy atom. The summed E-state index contributed by atoms with van der Waals surface area (Å²) in [7, 11) is 0. The number of aryl methyl sites for hydroxylation is 1. The summed E-state index contributed by atoms with van der Waals surface area (Å²) in [6, 6.07) is 5.90. The molecule has 0 N–H and O–H groups in total. The van der Waals surface area contributed by atoms with Crippen LogP contribution >= 0.6 is 0 Å². The van der Waals surface area contributed by atoms with E-state index < -0.39 is 0 Å². The molecule has 2 aromatic rings. The number of likely N-dealkylation sites (tertiary alicyclic amines) is 1. The van der Waals surface area contributed by atoms with Gasteiger partial charge in [0.15, 0.2) is 0 Å². The first-order valence-electron chi connectivity index (χ1n) is 8.23. The summed E-state index contributed by atoms with van der Waals surface area (Å²) in [6.45, 7) is 11.9. The van der Waals surface area contributed by atoms with Crippen LogP contribution in [0, 0.1) is 12.8 Å². The lowest BCUT2D eigenvalue weighted by atomic mass is 9.95. The van der Waals surface area contributed by atoms with Gasteiger partial charge in [-0.15, -0.1) is 0 Å². The van der Waals surface area contributed by atoms with Crippen molar-refractivity contribution in [2.24, 2.45) is 5.92 Å². The highest BCUT2D eigenvalue weighted by Crippen LogP contribution is 2.28. The Kier molecular flexibility index (Phi) is 4.09. The second-order valence-electron chi connectivity index (χ2n) is 7.08. The van der Waals surface area contributed by atoms with Crippen LogP contribution in [0.2, 0.25) is 0 Å². The second kappa shape index (κ2) is 5.88. The molecule has 0 bridgehead atoms. The predicted molar refractivity (Wildman–Crippen MR) is 90.4 cm³/mol. The number of fused-ring (bicyclic) bond motifs is 1. The van der Waals surface area contributed by atoms with Gasteiger partial charge in [-0.25, -0.2) is 4.79 Å². The Bertz CT molecular complexity index is 745. The second-order valence-corrected chi connectivity index (χ2v) is 7.08. The predicted octanol–water partition coefficient (Wildman–Crippen LogP) is 4.07. The van der Waals surface area contributed by atoms with Crippen LogP contribution in [0.5, 0.6) is 0 Å². The molecule has 1 aliphatic heterocycles. The van der Waals surface area contributed by atoms with E-state index in [9.17, 15) is 4.79 Å². The Balaban J connectivity index is 2.07. The normalized spacial score (nSPS) is 19.4. The lowest BCUT2D eigenvalue weighted by Gasteiger charge is -2.17. The van der Waals surface area contributed by atoms with Gasteiger partial charge in [0.1, 0.15) is 5.58 Å². The van der Waals surface area contributed by atoms with Crippen LogP contribution < -0.4 is 5.63 Å². The zero-order chi connectivity index (χ0) is 15.9. The molecule has 0 spiro atoms. The minimum atomic E-state index is -0.244. The van der Waals surface area contributed by atoms with Gasteiger partial charge >= 0.3 is 5.63 Å². The molecule has 0 radical (unpaired) electrons. The Morgan fingerprint density at radius 3 is 2.73 bits per heavy atom. The zero-order valence-corrected chi connectivity index (χ0v) is 14.0. The Hall–Kier alpha value is -1.61. The van der Waals surface area contributed by atoms with Crippen LogP contribution in [0.15, 0.2) is 27.4 Å². The smallest absolute Gasteiger partial charge is 0.336 e. The van der Waals surface area contributed by atoms with Crippen molar-refractivity contribution in [2.45, 2.75) is 46.6 Å².